The minimum atomic E-state index is -1.89. The number of hydrogen-bond donors (Lipinski definition) is 15. The van der Waals surface area contributed by atoms with Crippen LogP contribution < -0.4 is 59.3 Å². The number of amides is 15. The molecule has 706 valence electrons. The van der Waals surface area contributed by atoms with Gasteiger partial charge >= 0.3 is 5.97 Å². The van der Waals surface area contributed by atoms with Gasteiger partial charge in [-0.3, -0.25) is 76.7 Å². The van der Waals surface area contributed by atoms with Gasteiger partial charge in [-0.25, -0.2) is 4.39 Å². The van der Waals surface area contributed by atoms with Gasteiger partial charge in [0.25, 0.3) is 0 Å². The minimum Gasteiger partial charge on any atom is -0.508 e. The zero-order valence-corrected chi connectivity index (χ0v) is 75.8. The summed E-state index contributed by atoms with van der Waals surface area (Å²) in [6.07, 6.45) is 0.579. The maximum absolute atomic E-state index is 15.7. The number of carbonyl (C=O) groups excluding carboxylic acids is 15. The van der Waals surface area contributed by atoms with Crippen molar-refractivity contribution in [1.29, 1.82) is 0 Å². The van der Waals surface area contributed by atoms with Crippen molar-refractivity contribution < 1.29 is 96.4 Å². The lowest BCUT2D eigenvalue weighted by molar-refractivity contribution is -0.152. The van der Waals surface area contributed by atoms with Crippen LogP contribution >= 0.6 is 11.8 Å². The van der Waals surface area contributed by atoms with Gasteiger partial charge in [-0.2, -0.15) is 0 Å². The van der Waals surface area contributed by atoms with Gasteiger partial charge in [0.05, 0.1) is 18.7 Å². The lowest BCUT2D eigenvalue weighted by Gasteiger charge is -2.38. The SMILES string of the molecule is CCCC[C@H]1C(=O)N2CCC[C@@H]2C(=O)N[C@@H](CC(=O)O)C(=O)N[C@@H](C(C)C)C(=O)N(C)[C@@H](CC(C)C)C(=O)N[C@@H](Cc2ccc(O)cc2)C(=O)N2CCC[C@@H]2C(=O)N[C@@H](Cc2c[nH]c3ccccc23)C(=O)N[C@@H](Cc2ccc(O)cc2)C(=O)N[C@@H](CCCN)C(=O)N[C@H](C(=O)NCC(N)=O)CSCC(=O)N[C@@H](Cc2ccc(F)cc2)C(=O)N(C)[C@@H](Cc2ccccc2)C(=O)N1C. The number of unbranched alkanes of at least 4 members (excludes halogenated alkanes) is 1. The summed E-state index contributed by atoms with van der Waals surface area (Å²) in [6.45, 7) is 7.72. The van der Waals surface area contributed by atoms with E-state index in [0.29, 0.717) is 51.6 Å². The van der Waals surface area contributed by atoms with E-state index in [4.69, 9.17) is 11.5 Å². The number of likely N-dealkylation sites (N-methyl/N-ethyl adjacent to an activating group) is 3. The predicted molar refractivity (Wildman–Crippen MR) is 484 cm³/mol. The Labute approximate surface area is 763 Å². The van der Waals surface area contributed by atoms with E-state index in [9.17, 15) is 53.3 Å². The van der Waals surface area contributed by atoms with Crippen molar-refractivity contribution in [2.24, 2.45) is 23.3 Å². The van der Waals surface area contributed by atoms with E-state index >= 15 is 43.2 Å². The number of nitrogens with two attached hydrogens (primary N) is 2. The number of nitrogens with zero attached hydrogens (tertiary/aromatic N) is 5. The minimum absolute atomic E-state index is 0.0107. The molecule has 0 radical (unpaired) electrons. The van der Waals surface area contributed by atoms with Gasteiger partial charge in [-0.15, -0.1) is 11.8 Å². The number of aromatic hydroxyl groups is 2. The second-order valence-electron chi connectivity index (χ2n) is 34.3. The Kier molecular flexibility index (Phi) is 37.7. The van der Waals surface area contributed by atoms with Crippen molar-refractivity contribution in [2.45, 2.75) is 216 Å². The van der Waals surface area contributed by atoms with E-state index in [2.05, 4.69) is 52.8 Å². The van der Waals surface area contributed by atoms with E-state index in [1.807, 2.05) is 6.92 Å². The van der Waals surface area contributed by atoms with Gasteiger partial charge < -0.3 is 104 Å². The second kappa shape index (κ2) is 48.6. The number of benzene rings is 5. The molecule has 0 bridgehead atoms. The molecule has 1 aromatic heterocycles. The van der Waals surface area contributed by atoms with Crippen LogP contribution in [0.1, 0.15) is 133 Å². The summed E-state index contributed by atoms with van der Waals surface area (Å²) in [5, 5.41) is 56.0. The Balaban J connectivity index is 1.12. The number of para-hydroxylation sites is 1. The number of carboxylic acid groups (broad SMARTS) is 1. The Morgan fingerprint density at radius 3 is 1.58 bits per heavy atom. The van der Waals surface area contributed by atoms with Gasteiger partial charge in [0, 0.05) is 89.2 Å². The summed E-state index contributed by atoms with van der Waals surface area (Å²) in [5.74, 6) is -18.0. The van der Waals surface area contributed by atoms with Gasteiger partial charge in [0.2, 0.25) is 88.6 Å². The number of hydrogen-bond acceptors (Lipinski definition) is 20. The van der Waals surface area contributed by atoms with Crippen molar-refractivity contribution in [3.63, 3.8) is 0 Å². The summed E-state index contributed by atoms with van der Waals surface area (Å²) in [4.78, 5) is 247. The third-order valence-corrected chi connectivity index (χ3v) is 24.7. The summed E-state index contributed by atoms with van der Waals surface area (Å²) in [6, 6.07) is 12.4. The molecule has 5 aromatic carbocycles. The van der Waals surface area contributed by atoms with Gasteiger partial charge in [-0.05, 0) is 140 Å². The molecule has 3 saturated heterocycles. The maximum Gasteiger partial charge on any atom is 0.305 e. The molecule has 13 atom stereocenters. The van der Waals surface area contributed by atoms with Gasteiger partial charge in [0.15, 0.2) is 0 Å². The highest BCUT2D eigenvalue weighted by molar-refractivity contribution is 8.00. The van der Waals surface area contributed by atoms with Gasteiger partial charge in [-0.1, -0.05) is 132 Å². The molecule has 131 heavy (non-hydrogen) atoms. The average Bonchev–Trinajstić information content (AvgIpc) is 1.76. The maximum atomic E-state index is 15.7. The fourth-order valence-electron chi connectivity index (χ4n) is 16.4. The molecule has 4 heterocycles. The number of aliphatic carboxylic acids is 1. The first kappa shape index (κ1) is 102. The first-order valence-electron chi connectivity index (χ1n) is 44.2. The molecule has 9 rings (SSSR count). The van der Waals surface area contributed by atoms with Crippen LogP contribution in [0.2, 0.25) is 0 Å². The standard InChI is InChI=1S/C93H122FN17O19S/c1-9-10-24-74-92(129)111-41-18-26-73(111)87(124)103-68(48-79(116)117)85(122)106-80(54(4)5)93(130)108(7)75(42-53(2)3)88(125)104-70(45-58-31-37-62(113)38-32-58)90(127)110-40-17-25-72(110)86(123)102-67(47-59-49-97-64-22-15-14-21-63(59)64)84(121)101-66(43-57-29-35-61(112)36-30-57)83(120)100-65(23-16-39-95)82(119)105-71(81(118)98-50-77(96)114)51-131-52-78(115)99-69(44-56-27-33-60(94)34-28-56)89(126)109(8)76(91(128)107(74)6)46-55-19-12-11-13-20-55/h11-15,19-22,27-38,49,53-54,65-76,80,97,112-113H,9-10,16-18,23-26,39-48,50-52,95H2,1-8H3,(H2,96,114)(H,98,118)(H,99,115)(H,100,120)(H,101,121)(H,102,123)(H,103,124)(H,104,125)(H,105,119)(H,106,122)(H,116,117)/t65-,66-,67-,68-,69-,70-,71-,72+,73+,74-,75-,76-,80-/m0/s1. The van der Waals surface area contributed by atoms with Crippen molar-refractivity contribution in [3.8, 4) is 11.5 Å². The predicted octanol–water partition coefficient (Wildman–Crippen LogP) is 2.03. The first-order valence-corrected chi connectivity index (χ1v) is 45.4. The second-order valence-corrected chi connectivity index (χ2v) is 35.3. The van der Waals surface area contributed by atoms with Crippen molar-refractivity contribution >= 4 is 117 Å². The molecule has 0 saturated carbocycles. The van der Waals surface area contributed by atoms with Crippen molar-refractivity contribution in [3.05, 3.63) is 167 Å². The van der Waals surface area contributed by atoms with E-state index < -0.39 is 209 Å². The van der Waals surface area contributed by atoms with Crippen LogP contribution in [0.3, 0.4) is 0 Å². The van der Waals surface area contributed by atoms with Crippen LogP contribution in [0.4, 0.5) is 4.39 Å². The molecule has 0 unspecified atom stereocenters. The fraction of sp³-hybridized carbons (Fsp3) is 0.484. The molecule has 3 fully saturated rings. The number of aromatic nitrogens is 1. The Bertz CT molecular complexity index is 5030. The van der Waals surface area contributed by atoms with Crippen LogP contribution in [0, 0.1) is 17.7 Å². The topological polar surface area (TPSA) is 526 Å². The fourth-order valence-corrected chi connectivity index (χ4v) is 17.3. The van der Waals surface area contributed by atoms with Crippen LogP contribution in [-0.2, 0) is 109 Å². The van der Waals surface area contributed by atoms with E-state index in [1.165, 1.54) is 96.5 Å². The number of carbonyl (C=O) groups is 16. The zero-order chi connectivity index (χ0) is 95.4. The number of H-pyrrole nitrogens is 1. The number of phenolic OH excluding ortho intramolecular Hbond substituents is 2. The molecule has 3 aliphatic heterocycles. The molecule has 36 nitrogen and oxygen atoms in total. The van der Waals surface area contributed by atoms with E-state index in [-0.39, 0.29) is 121 Å². The number of carboxylic acids is 1. The molecule has 6 aromatic rings. The number of primary amides is 1. The van der Waals surface area contributed by atoms with E-state index in [1.54, 1.807) is 88.5 Å². The summed E-state index contributed by atoms with van der Waals surface area (Å²) in [5.41, 5.74) is 14.4. The summed E-state index contributed by atoms with van der Waals surface area (Å²) < 4.78 is 14.6. The number of rotatable bonds is 24. The Morgan fingerprint density at radius 2 is 1.01 bits per heavy atom. The van der Waals surface area contributed by atoms with Crippen LogP contribution in [0.5, 0.6) is 11.5 Å². The number of nitrogens with one attached hydrogen (secondary N) is 10. The lowest BCUT2D eigenvalue weighted by Crippen LogP contribution is -2.62. The van der Waals surface area contributed by atoms with Crippen molar-refractivity contribution in [2.75, 3.05) is 58.8 Å². The third kappa shape index (κ3) is 28.7. The molecule has 3 aliphatic rings. The first-order chi connectivity index (χ1) is 62.4. The monoisotopic (exact) mass is 1830 g/mol. The summed E-state index contributed by atoms with van der Waals surface area (Å²) >= 11 is 0.778. The van der Waals surface area contributed by atoms with Crippen LogP contribution in [0.15, 0.2) is 134 Å². The van der Waals surface area contributed by atoms with Crippen LogP contribution in [-0.4, -0.2) is 277 Å². The molecule has 38 heteroatoms. The lowest BCUT2D eigenvalue weighted by atomic mass is 9.97. The number of halogens is 1. The molecular weight excluding hydrogens is 1710 g/mol. The Morgan fingerprint density at radius 1 is 0.511 bits per heavy atom. The highest BCUT2D eigenvalue weighted by atomic mass is 32.2. The number of thioether (sulfide) groups is 1. The highest BCUT2D eigenvalue weighted by Crippen LogP contribution is 2.29. The largest absolute Gasteiger partial charge is 0.508 e. The van der Waals surface area contributed by atoms with Gasteiger partial charge in [0.1, 0.15) is 95.9 Å². The molecular formula is C93H122FN17O19S. The average molecular weight is 1830 g/mol. The molecule has 15 amide bonds. The van der Waals surface area contributed by atoms with Crippen molar-refractivity contribution in [1.82, 2.24) is 77.3 Å². The van der Waals surface area contributed by atoms with E-state index in [0.717, 1.165) is 33.7 Å². The zero-order valence-electron chi connectivity index (χ0n) is 75.0. The molecule has 0 aliphatic carbocycles. The quantitative estimate of drug-likeness (QED) is 0.0412. The normalized spacial score (nSPS) is 23.8. The summed E-state index contributed by atoms with van der Waals surface area (Å²) in [7, 11) is 4.02. The Hall–Kier alpha value is -13.0. The number of aromatic amines is 1. The number of fused-ring (bicyclic) bond motifs is 3. The highest BCUT2D eigenvalue weighted by Gasteiger charge is 2.46. The van der Waals surface area contributed by atoms with Crippen LogP contribution in [0.25, 0.3) is 10.9 Å². The molecule has 0 spiro atoms. The smallest absolute Gasteiger partial charge is 0.305 e. The third-order valence-electron chi connectivity index (χ3n) is 23.7. The number of phenols is 2. The molecule has 17 N–H and O–H groups in total.